The largest absolute Gasteiger partial charge is 0.394 e. The zero-order valence-corrected chi connectivity index (χ0v) is 8.33. The van der Waals surface area contributed by atoms with Crippen molar-refractivity contribution < 1.29 is 25.2 Å². The summed E-state index contributed by atoms with van der Waals surface area (Å²) in [5.74, 6) is 0. The van der Waals surface area contributed by atoms with Gasteiger partial charge in [-0.2, -0.15) is 0 Å². The number of ether oxygens (including phenoxy) is 1. The first kappa shape index (κ1) is 10.6. The van der Waals surface area contributed by atoms with Crippen LogP contribution in [0.2, 0.25) is 0 Å². The maximum Gasteiger partial charge on any atom is 0.169 e. The maximum absolute atomic E-state index is 9.31. The summed E-state index contributed by atoms with van der Waals surface area (Å²) in [6.45, 7) is -0.418. The molecule has 5 atom stereocenters. The summed E-state index contributed by atoms with van der Waals surface area (Å²) in [5.41, 5.74) is 0. The number of alkyl halides is 1. The van der Waals surface area contributed by atoms with Crippen LogP contribution in [0.1, 0.15) is 0 Å². The number of aliphatic hydroxyl groups is 4. The molecule has 0 spiro atoms. The summed E-state index contributed by atoms with van der Waals surface area (Å²) in [5, 5.41) is 36.4. The average molecular weight is 290 g/mol. The highest BCUT2D eigenvalue weighted by Crippen LogP contribution is 2.24. The quantitative estimate of drug-likeness (QED) is 0.339. The van der Waals surface area contributed by atoms with E-state index in [9.17, 15) is 10.2 Å². The molecular weight excluding hydrogens is 279 g/mol. The van der Waals surface area contributed by atoms with Crippen molar-refractivity contribution >= 4 is 22.6 Å². The molecule has 0 aromatic rings. The van der Waals surface area contributed by atoms with E-state index in [0.717, 1.165) is 0 Å². The predicted octanol–water partition coefficient (Wildman–Crippen LogP) is -1.78. The molecule has 0 radical (unpaired) electrons. The number of halogens is 1. The Kier molecular flexibility index (Phi) is 3.68. The molecule has 5 nitrogen and oxygen atoms in total. The van der Waals surface area contributed by atoms with Gasteiger partial charge in [0.2, 0.25) is 0 Å². The van der Waals surface area contributed by atoms with E-state index in [0.29, 0.717) is 0 Å². The molecule has 1 heterocycles. The van der Waals surface area contributed by atoms with Crippen LogP contribution >= 0.6 is 22.6 Å². The minimum Gasteiger partial charge on any atom is -0.394 e. The average Bonchev–Trinajstić information content (AvgIpc) is 2.08. The third-order valence-electron chi connectivity index (χ3n) is 1.82. The van der Waals surface area contributed by atoms with E-state index >= 15 is 0 Å². The van der Waals surface area contributed by atoms with Gasteiger partial charge in [-0.3, -0.25) is 0 Å². The molecule has 1 aliphatic heterocycles. The fourth-order valence-electron chi connectivity index (χ4n) is 1.06. The Labute approximate surface area is 83.1 Å². The summed E-state index contributed by atoms with van der Waals surface area (Å²) < 4.78 is 4.25. The maximum atomic E-state index is 9.31. The Morgan fingerprint density at radius 1 is 1.17 bits per heavy atom. The molecule has 4 N–H and O–H groups in total. The van der Waals surface area contributed by atoms with Crippen LogP contribution in [-0.4, -0.2) is 55.6 Å². The predicted molar refractivity (Wildman–Crippen MR) is 47.8 cm³/mol. The van der Waals surface area contributed by atoms with Crippen LogP contribution in [0.4, 0.5) is 0 Å². The van der Waals surface area contributed by atoms with E-state index in [1.54, 1.807) is 22.6 Å². The SMILES string of the molecule is OC[C@@H]1O[C@H](O)C(I)C(O)[C@@H]1O. The molecule has 0 aromatic carbocycles. The standard InChI is InChI=1S/C6H11IO5/c7-3-5(10)4(9)2(1-8)12-6(3)11/h2-6,8-11H,1H2/t2-,3?,4+,5?,6-/m0/s1. The molecule has 6 heteroatoms. The Morgan fingerprint density at radius 2 is 1.75 bits per heavy atom. The summed E-state index contributed by atoms with van der Waals surface area (Å²) >= 11 is 1.78. The lowest BCUT2D eigenvalue weighted by molar-refractivity contribution is -0.231. The van der Waals surface area contributed by atoms with Crippen LogP contribution in [-0.2, 0) is 4.74 Å². The van der Waals surface area contributed by atoms with Gasteiger partial charge >= 0.3 is 0 Å². The Morgan fingerprint density at radius 3 is 2.25 bits per heavy atom. The van der Waals surface area contributed by atoms with Crippen LogP contribution in [0.25, 0.3) is 0 Å². The third-order valence-corrected chi connectivity index (χ3v) is 3.18. The molecule has 0 saturated carbocycles. The van der Waals surface area contributed by atoms with Crippen molar-refractivity contribution in [2.45, 2.75) is 28.5 Å². The van der Waals surface area contributed by atoms with E-state index < -0.39 is 35.1 Å². The number of hydrogen-bond acceptors (Lipinski definition) is 5. The van der Waals surface area contributed by atoms with Crippen LogP contribution in [0.15, 0.2) is 0 Å². The van der Waals surface area contributed by atoms with E-state index in [2.05, 4.69) is 0 Å². The molecule has 2 unspecified atom stereocenters. The second kappa shape index (κ2) is 4.16. The molecule has 0 amide bonds. The van der Waals surface area contributed by atoms with Gasteiger partial charge in [-0.05, 0) is 0 Å². The fourth-order valence-corrected chi connectivity index (χ4v) is 1.66. The second-order valence-corrected chi connectivity index (χ2v) is 4.11. The van der Waals surface area contributed by atoms with Crippen molar-refractivity contribution in [3.05, 3.63) is 0 Å². The van der Waals surface area contributed by atoms with Crippen LogP contribution in [0, 0.1) is 0 Å². The van der Waals surface area contributed by atoms with Gasteiger partial charge in [0.1, 0.15) is 12.2 Å². The van der Waals surface area contributed by atoms with Gasteiger partial charge in [-0.25, -0.2) is 0 Å². The molecule has 0 bridgehead atoms. The van der Waals surface area contributed by atoms with E-state index in [-0.39, 0.29) is 0 Å². The normalized spacial score (nSPS) is 49.2. The van der Waals surface area contributed by atoms with Gasteiger partial charge in [-0.1, -0.05) is 22.6 Å². The first-order chi connectivity index (χ1) is 5.57. The number of aliphatic hydroxyl groups excluding tert-OH is 4. The van der Waals surface area contributed by atoms with Crippen LogP contribution < -0.4 is 0 Å². The molecule has 1 fully saturated rings. The lowest BCUT2D eigenvalue weighted by atomic mass is 10.0. The molecule has 1 rings (SSSR count). The topological polar surface area (TPSA) is 90.2 Å². The van der Waals surface area contributed by atoms with E-state index in [1.807, 2.05) is 0 Å². The first-order valence-corrected chi connectivity index (χ1v) is 4.77. The van der Waals surface area contributed by atoms with Crippen molar-refractivity contribution in [3.63, 3.8) is 0 Å². The molecule has 12 heavy (non-hydrogen) atoms. The lowest BCUT2D eigenvalue weighted by Crippen LogP contribution is -2.56. The highest BCUT2D eigenvalue weighted by Gasteiger charge is 2.41. The van der Waals surface area contributed by atoms with Crippen molar-refractivity contribution in [3.8, 4) is 0 Å². The Bertz CT molecular complexity index is 150. The fraction of sp³-hybridized carbons (Fsp3) is 1.00. The summed E-state index contributed by atoms with van der Waals surface area (Å²) in [7, 11) is 0. The second-order valence-electron chi connectivity index (χ2n) is 2.67. The molecular formula is C6H11IO5. The molecule has 0 aliphatic carbocycles. The molecule has 0 aromatic heterocycles. The highest BCUT2D eigenvalue weighted by molar-refractivity contribution is 14.1. The minimum atomic E-state index is -1.14. The Hall–Kier alpha value is 0.530. The van der Waals surface area contributed by atoms with Gasteiger partial charge in [0, 0.05) is 0 Å². The number of hydrogen-bond donors (Lipinski definition) is 4. The summed E-state index contributed by atoms with van der Waals surface area (Å²) in [6.07, 6.45) is -4.24. The van der Waals surface area contributed by atoms with E-state index in [1.165, 1.54) is 0 Å². The van der Waals surface area contributed by atoms with Gasteiger partial charge in [-0.15, -0.1) is 0 Å². The zero-order chi connectivity index (χ0) is 9.30. The van der Waals surface area contributed by atoms with Gasteiger partial charge in [0.15, 0.2) is 6.29 Å². The number of rotatable bonds is 1. The van der Waals surface area contributed by atoms with E-state index in [4.69, 9.17) is 14.9 Å². The Balaban J connectivity index is 2.63. The van der Waals surface area contributed by atoms with Crippen LogP contribution in [0.3, 0.4) is 0 Å². The van der Waals surface area contributed by atoms with Crippen LogP contribution in [0.5, 0.6) is 0 Å². The monoisotopic (exact) mass is 290 g/mol. The molecule has 1 aliphatic rings. The van der Waals surface area contributed by atoms with Gasteiger partial charge in [0.25, 0.3) is 0 Å². The summed E-state index contributed by atoms with van der Waals surface area (Å²) in [4.78, 5) is 0. The van der Waals surface area contributed by atoms with Crippen molar-refractivity contribution in [2.75, 3.05) is 6.61 Å². The molecule has 1 saturated heterocycles. The highest BCUT2D eigenvalue weighted by atomic mass is 127. The van der Waals surface area contributed by atoms with Crippen molar-refractivity contribution in [1.29, 1.82) is 0 Å². The lowest BCUT2D eigenvalue weighted by Gasteiger charge is -2.37. The third kappa shape index (κ3) is 1.88. The van der Waals surface area contributed by atoms with Crippen molar-refractivity contribution in [2.24, 2.45) is 0 Å². The van der Waals surface area contributed by atoms with Gasteiger partial charge in [0.05, 0.1) is 16.6 Å². The molecule has 72 valence electrons. The van der Waals surface area contributed by atoms with Gasteiger partial charge < -0.3 is 25.2 Å². The zero-order valence-electron chi connectivity index (χ0n) is 6.17. The van der Waals surface area contributed by atoms with Crippen molar-refractivity contribution in [1.82, 2.24) is 0 Å². The minimum absolute atomic E-state index is 0.418. The smallest absolute Gasteiger partial charge is 0.169 e. The first-order valence-electron chi connectivity index (χ1n) is 3.52. The summed E-state index contributed by atoms with van der Waals surface area (Å²) in [6, 6.07) is 0.